The quantitative estimate of drug-likeness (QED) is 0.721. The predicted octanol–water partition coefficient (Wildman–Crippen LogP) is 1.68. The van der Waals surface area contributed by atoms with Crippen molar-refractivity contribution in [2.75, 3.05) is 13.1 Å². The molecular weight excluding hydrogens is 347 g/mol. The van der Waals surface area contributed by atoms with Crippen LogP contribution in [0.1, 0.15) is 41.8 Å². The third kappa shape index (κ3) is 3.61. The Labute approximate surface area is 157 Å². The molecule has 0 saturated carbocycles. The summed E-state index contributed by atoms with van der Waals surface area (Å²) in [5, 5.41) is 21.5. The van der Waals surface area contributed by atoms with Crippen LogP contribution in [0.4, 0.5) is 4.39 Å². The number of rotatable bonds is 6. The summed E-state index contributed by atoms with van der Waals surface area (Å²) in [5.41, 5.74) is 2.46. The maximum atomic E-state index is 13.9. The molecule has 27 heavy (non-hydrogen) atoms. The molecule has 1 aromatic carbocycles. The van der Waals surface area contributed by atoms with E-state index in [2.05, 4.69) is 15.5 Å². The maximum Gasteiger partial charge on any atom is 0.256 e. The lowest BCUT2D eigenvalue weighted by molar-refractivity contribution is -0.157. The topological polar surface area (TPSA) is 81.2 Å². The highest BCUT2D eigenvalue weighted by Gasteiger charge is 2.42. The number of nitrogens with one attached hydrogen (secondary N) is 2. The third-order valence-electron chi connectivity index (χ3n) is 5.62. The molecule has 2 aliphatic rings. The normalized spacial score (nSPS) is 22.3. The van der Waals surface area contributed by atoms with Crippen molar-refractivity contribution in [3.63, 3.8) is 0 Å². The standard InChI is InChI=1S/C20H25FN4O2/c21-16-7-2-1-5-14(16)12-25-10-4-9-20(27,19(25)26)13-22-11-18-15-6-3-8-17(15)23-24-18/h1-2,5,7,22,27H,3-4,6,8-13H2,(H,23,24). The summed E-state index contributed by atoms with van der Waals surface area (Å²) in [4.78, 5) is 14.4. The molecule has 1 fully saturated rings. The molecule has 1 amide bonds. The number of aliphatic hydroxyl groups is 1. The van der Waals surface area contributed by atoms with E-state index < -0.39 is 5.60 Å². The van der Waals surface area contributed by atoms with Crippen LogP contribution in [-0.4, -0.2) is 44.8 Å². The summed E-state index contributed by atoms with van der Waals surface area (Å²) in [6.45, 7) is 1.40. The molecule has 1 aliphatic heterocycles. The third-order valence-corrected chi connectivity index (χ3v) is 5.62. The Morgan fingerprint density at radius 3 is 3.00 bits per heavy atom. The number of fused-ring (bicyclic) bond motifs is 1. The van der Waals surface area contributed by atoms with Crippen molar-refractivity contribution in [1.82, 2.24) is 20.4 Å². The Hall–Kier alpha value is -2.25. The van der Waals surface area contributed by atoms with Gasteiger partial charge in [-0.1, -0.05) is 18.2 Å². The van der Waals surface area contributed by atoms with Crippen LogP contribution in [0.5, 0.6) is 0 Å². The molecule has 1 atom stereocenters. The summed E-state index contributed by atoms with van der Waals surface area (Å²) in [7, 11) is 0. The van der Waals surface area contributed by atoms with E-state index in [0.717, 1.165) is 25.0 Å². The molecule has 0 radical (unpaired) electrons. The van der Waals surface area contributed by atoms with Crippen LogP contribution < -0.4 is 5.32 Å². The Kier molecular flexibility index (Phi) is 4.97. The first-order chi connectivity index (χ1) is 13.1. The zero-order chi connectivity index (χ0) is 18.9. The molecule has 0 spiro atoms. The summed E-state index contributed by atoms with van der Waals surface area (Å²) in [5.74, 6) is -0.665. The molecule has 2 heterocycles. The van der Waals surface area contributed by atoms with Crippen LogP contribution in [-0.2, 0) is 30.7 Å². The van der Waals surface area contributed by atoms with E-state index in [1.54, 1.807) is 23.1 Å². The van der Waals surface area contributed by atoms with Crippen molar-refractivity contribution in [3.05, 3.63) is 52.6 Å². The van der Waals surface area contributed by atoms with Crippen LogP contribution >= 0.6 is 0 Å². The van der Waals surface area contributed by atoms with Gasteiger partial charge < -0.3 is 15.3 Å². The lowest BCUT2D eigenvalue weighted by Gasteiger charge is -2.38. The van der Waals surface area contributed by atoms with E-state index in [-0.39, 0.29) is 24.8 Å². The Bertz CT molecular complexity index is 837. The molecule has 7 heteroatoms. The van der Waals surface area contributed by atoms with Crippen LogP contribution in [0.2, 0.25) is 0 Å². The fourth-order valence-corrected chi connectivity index (χ4v) is 4.13. The summed E-state index contributed by atoms with van der Waals surface area (Å²) in [6, 6.07) is 6.44. The first-order valence-corrected chi connectivity index (χ1v) is 9.58. The molecule has 4 rings (SSSR count). The number of hydrogen-bond acceptors (Lipinski definition) is 4. The summed E-state index contributed by atoms with van der Waals surface area (Å²) in [6.07, 6.45) is 4.31. The number of piperidine rings is 1. The molecule has 1 aromatic heterocycles. The highest BCUT2D eigenvalue weighted by atomic mass is 19.1. The Balaban J connectivity index is 1.38. The Morgan fingerprint density at radius 2 is 2.15 bits per heavy atom. The number of hydrogen-bond donors (Lipinski definition) is 3. The van der Waals surface area contributed by atoms with E-state index in [9.17, 15) is 14.3 Å². The van der Waals surface area contributed by atoms with Gasteiger partial charge in [-0.3, -0.25) is 9.89 Å². The molecule has 1 aliphatic carbocycles. The number of aromatic nitrogens is 2. The number of likely N-dealkylation sites (tertiary alicyclic amines) is 1. The molecule has 1 saturated heterocycles. The van der Waals surface area contributed by atoms with Gasteiger partial charge in [0.25, 0.3) is 5.91 Å². The summed E-state index contributed by atoms with van der Waals surface area (Å²) >= 11 is 0. The second kappa shape index (κ2) is 7.40. The van der Waals surface area contributed by atoms with E-state index in [1.165, 1.54) is 17.3 Å². The van der Waals surface area contributed by atoms with E-state index >= 15 is 0 Å². The molecule has 0 bridgehead atoms. The maximum absolute atomic E-state index is 13.9. The number of aromatic amines is 1. The molecule has 2 aromatic rings. The van der Waals surface area contributed by atoms with Crippen molar-refractivity contribution < 1.29 is 14.3 Å². The Morgan fingerprint density at radius 1 is 1.30 bits per heavy atom. The fourth-order valence-electron chi connectivity index (χ4n) is 4.13. The number of carbonyl (C=O) groups excluding carboxylic acids is 1. The fraction of sp³-hybridized carbons (Fsp3) is 0.500. The minimum absolute atomic E-state index is 0.168. The SMILES string of the molecule is O=C1N(Cc2ccccc2F)CCCC1(O)CNCc1n[nH]c2c1CCC2. The van der Waals surface area contributed by atoms with Crippen LogP contribution in [0.25, 0.3) is 0 Å². The number of benzene rings is 1. The molecular formula is C20H25FN4O2. The average Bonchev–Trinajstić information content (AvgIpc) is 3.26. The van der Waals surface area contributed by atoms with Gasteiger partial charge in [-0.05, 0) is 43.7 Å². The second-order valence-electron chi connectivity index (χ2n) is 7.54. The number of nitrogens with zero attached hydrogens (tertiary/aromatic N) is 2. The van der Waals surface area contributed by atoms with Gasteiger partial charge in [-0.2, -0.15) is 5.10 Å². The lowest BCUT2D eigenvalue weighted by Crippen LogP contribution is -2.57. The predicted molar refractivity (Wildman–Crippen MR) is 98.3 cm³/mol. The average molecular weight is 372 g/mol. The number of amides is 1. The monoisotopic (exact) mass is 372 g/mol. The zero-order valence-electron chi connectivity index (χ0n) is 15.3. The van der Waals surface area contributed by atoms with Gasteiger partial charge in [0, 0.05) is 37.4 Å². The van der Waals surface area contributed by atoms with Crippen LogP contribution in [0.3, 0.4) is 0 Å². The van der Waals surface area contributed by atoms with Gasteiger partial charge in [0.05, 0.1) is 5.69 Å². The van der Waals surface area contributed by atoms with Gasteiger partial charge in [-0.15, -0.1) is 0 Å². The highest BCUT2D eigenvalue weighted by Crippen LogP contribution is 2.25. The van der Waals surface area contributed by atoms with Crippen molar-refractivity contribution in [2.24, 2.45) is 0 Å². The largest absolute Gasteiger partial charge is 0.379 e. The molecule has 6 nitrogen and oxygen atoms in total. The zero-order valence-corrected chi connectivity index (χ0v) is 15.3. The second-order valence-corrected chi connectivity index (χ2v) is 7.54. The van der Waals surface area contributed by atoms with Crippen molar-refractivity contribution in [3.8, 4) is 0 Å². The highest BCUT2D eigenvalue weighted by molar-refractivity contribution is 5.86. The van der Waals surface area contributed by atoms with Gasteiger partial charge in [-0.25, -0.2) is 4.39 Å². The van der Waals surface area contributed by atoms with Crippen molar-refractivity contribution in [1.29, 1.82) is 0 Å². The van der Waals surface area contributed by atoms with Gasteiger partial charge in [0.1, 0.15) is 5.82 Å². The summed E-state index contributed by atoms with van der Waals surface area (Å²) < 4.78 is 13.9. The van der Waals surface area contributed by atoms with Crippen molar-refractivity contribution >= 4 is 5.91 Å². The smallest absolute Gasteiger partial charge is 0.256 e. The van der Waals surface area contributed by atoms with Gasteiger partial charge >= 0.3 is 0 Å². The van der Waals surface area contributed by atoms with Crippen LogP contribution in [0, 0.1) is 5.82 Å². The molecule has 1 unspecified atom stereocenters. The van der Waals surface area contributed by atoms with Gasteiger partial charge in [0.15, 0.2) is 5.60 Å². The first-order valence-electron chi connectivity index (χ1n) is 9.58. The molecule has 144 valence electrons. The minimum atomic E-state index is -1.46. The number of aryl methyl sites for hydroxylation is 1. The first kappa shape index (κ1) is 18.1. The number of carbonyl (C=O) groups is 1. The van der Waals surface area contributed by atoms with Gasteiger partial charge in [0.2, 0.25) is 0 Å². The van der Waals surface area contributed by atoms with E-state index in [0.29, 0.717) is 31.5 Å². The van der Waals surface area contributed by atoms with E-state index in [1.807, 2.05) is 0 Å². The van der Waals surface area contributed by atoms with Crippen LogP contribution in [0.15, 0.2) is 24.3 Å². The molecule has 3 N–H and O–H groups in total. The van der Waals surface area contributed by atoms with E-state index in [4.69, 9.17) is 0 Å². The number of halogens is 1. The minimum Gasteiger partial charge on any atom is -0.379 e. The lowest BCUT2D eigenvalue weighted by atomic mass is 9.91. The number of H-pyrrole nitrogens is 1. The van der Waals surface area contributed by atoms with Crippen molar-refractivity contribution in [2.45, 2.75) is 50.8 Å².